The summed E-state index contributed by atoms with van der Waals surface area (Å²) in [6.45, 7) is 0. The molecule has 0 spiro atoms. The van der Waals surface area contributed by atoms with Crippen LogP contribution in [-0.4, -0.2) is 38.3 Å². The Labute approximate surface area is 191 Å². The summed E-state index contributed by atoms with van der Waals surface area (Å²) in [6.07, 6.45) is 1.52. The molecule has 0 radical (unpaired) electrons. The molecule has 3 aromatic rings. The highest BCUT2D eigenvalue weighted by atomic mass is 16.5. The van der Waals surface area contributed by atoms with Crippen molar-refractivity contribution in [2.45, 2.75) is 0 Å². The van der Waals surface area contributed by atoms with Crippen molar-refractivity contribution in [1.82, 2.24) is 5.32 Å². The zero-order valence-corrected chi connectivity index (χ0v) is 18.4. The molecule has 0 aromatic heterocycles. The second kappa shape index (κ2) is 10.7. The second-order valence-electron chi connectivity index (χ2n) is 6.86. The van der Waals surface area contributed by atoms with E-state index in [1.165, 1.54) is 39.5 Å². The zero-order valence-electron chi connectivity index (χ0n) is 18.4. The highest BCUT2D eigenvalue weighted by Gasteiger charge is 2.16. The fraction of sp³-hybridized carbons (Fsp3) is 0.120. The minimum atomic E-state index is -0.572. The van der Waals surface area contributed by atoms with Crippen LogP contribution in [0.4, 0.5) is 5.69 Å². The highest BCUT2D eigenvalue weighted by Crippen LogP contribution is 2.28. The summed E-state index contributed by atoms with van der Waals surface area (Å²) in [4.78, 5) is 25.8. The Morgan fingerprint density at radius 1 is 0.848 bits per heavy atom. The smallest absolute Gasteiger partial charge is 0.272 e. The maximum atomic E-state index is 13.0. The van der Waals surface area contributed by atoms with Gasteiger partial charge in [0.15, 0.2) is 11.5 Å². The number of carbonyl (C=O) groups excluding carboxylic acids is 2. The highest BCUT2D eigenvalue weighted by molar-refractivity contribution is 6.10. The minimum Gasteiger partial charge on any atom is -0.508 e. The molecule has 0 fully saturated rings. The van der Waals surface area contributed by atoms with Gasteiger partial charge < -0.3 is 30.0 Å². The lowest BCUT2D eigenvalue weighted by molar-refractivity contribution is -0.113. The first kappa shape index (κ1) is 23.2. The van der Waals surface area contributed by atoms with E-state index in [1.54, 1.807) is 54.6 Å². The lowest BCUT2D eigenvalue weighted by atomic mass is 10.1. The topological polar surface area (TPSA) is 106 Å². The second-order valence-corrected chi connectivity index (χ2v) is 6.86. The molecule has 3 N–H and O–H groups in total. The van der Waals surface area contributed by atoms with E-state index >= 15 is 0 Å². The summed E-state index contributed by atoms with van der Waals surface area (Å²) in [7, 11) is 4.56. The van der Waals surface area contributed by atoms with Crippen LogP contribution in [0.25, 0.3) is 6.08 Å². The van der Waals surface area contributed by atoms with Gasteiger partial charge in [0, 0.05) is 17.3 Å². The summed E-state index contributed by atoms with van der Waals surface area (Å²) < 4.78 is 15.7. The van der Waals surface area contributed by atoms with Gasteiger partial charge in [-0.3, -0.25) is 9.59 Å². The van der Waals surface area contributed by atoms with Crippen molar-refractivity contribution in [2.24, 2.45) is 0 Å². The maximum absolute atomic E-state index is 13.0. The van der Waals surface area contributed by atoms with E-state index in [2.05, 4.69) is 10.6 Å². The molecule has 0 heterocycles. The largest absolute Gasteiger partial charge is 0.508 e. The van der Waals surface area contributed by atoms with Gasteiger partial charge in [-0.25, -0.2) is 0 Å². The van der Waals surface area contributed by atoms with Crippen molar-refractivity contribution in [3.8, 4) is 23.0 Å². The summed E-state index contributed by atoms with van der Waals surface area (Å²) in [5, 5.41) is 15.0. The van der Waals surface area contributed by atoms with Crippen LogP contribution >= 0.6 is 0 Å². The van der Waals surface area contributed by atoms with Crippen LogP contribution < -0.4 is 24.8 Å². The number of hydrogen-bond acceptors (Lipinski definition) is 6. The number of carbonyl (C=O) groups is 2. The number of methoxy groups -OCH3 is 3. The third kappa shape index (κ3) is 6.04. The predicted octanol–water partition coefficient (Wildman–Crippen LogP) is 3.83. The van der Waals surface area contributed by atoms with Crippen molar-refractivity contribution < 1.29 is 28.9 Å². The van der Waals surface area contributed by atoms with E-state index in [9.17, 15) is 14.7 Å². The number of ether oxygens (including phenoxy) is 3. The molecule has 0 aliphatic carbocycles. The summed E-state index contributed by atoms with van der Waals surface area (Å²) in [6, 6.07) is 17.7. The van der Waals surface area contributed by atoms with E-state index in [0.717, 1.165) is 0 Å². The molecule has 8 nitrogen and oxygen atoms in total. The van der Waals surface area contributed by atoms with E-state index in [-0.39, 0.29) is 11.4 Å². The molecule has 0 atom stereocenters. The summed E-state index contributed by atoms with van der Waals surface area (Å²) >= 11 is 0. The van der Waals surface area contributed by atoms with E-state index < -0.39 is 11.8 Å². The molecule has 0 saturated heterocycles. The van der Waals surface area contributed by atoms with Crippen molar-refractivity contribution in [3.05, 3.63) is 83.6 Å². The van der Waals surface area contributed by atoms with Crippen molar-refractivity contribution in [2.75, 3.05) is 26.6 Å². The third-order valence-electron chi connectivity index (χ3n) is 4.67. The van der Waals surface area contributed by atoms with Crippen molar-refractivity contribution >= 4 is 23.6 Å². The lowest BCUT2D eigenvalue weighted by Crippen LogP contribution is -2.30. The van der Waals surface area contributed by atoms with Gasteiger partial charge in [-0.15, -0.1) is 0 Å². The van der Waals surface area contributed by atoms with Gasteiger partial charge in [0.05, 0.1) is 21.3 Å². The number of phenolic OH excluding ortho intramolecular Hbond substituents is 1. The van der Waals surface area contributed by atoms with E-state index in [1.807, 2.05) is 0 Å². The lowest BCUT2D eigenvalue weighted by Gasteiger charge is -2.13. The number of aromatic hydroxyl groups is 1. The fourth-order valence-electron chi connectivity index (χ4n) is 2.99. The number of rotatable bonds is 8. The van der Waals surface area contributed by atoms with Crippen LogP contribution in [0.1, 0.15) is 15.9 Å². The molecular formula is C25H24N2O6. The first-order valence-corrected chi connectivity index (χ1v) is 9.93. The SMILES string of the molecule is COc1ccc(C(=O)NC(=Cc2ccc(OC)c(OC)c2)C(=O)Nc2cccc(O)c2)cc1. The average molecular weight is 448 g/mol. The molecule has 2 amide bonds. The van der Waals surface area contributed by atoms with Crippen molar-refractivity contribution in [3.63, 3.8) is 0 Å². The molecule has 0 saturated carbocycles. The van der Waals surface area contributed by atoms with Crippen LogP contribution in [0.15, 0.2) is 72.4 Å². The van der Waals surface area contributed by atoms with Crippen LogP contribution in [0.3, 0.4) is 0 Å². The van der Waals surface area contributed by atoms with E-state index in [4.69, 9.17) is 14.2 Å². The number of amides is 2. The van der Waals surface area contributed by atoms with Gasteiger partial charge in [-0.2, -0.15) is 0 Å². The maximum Gasteiger partial charge on any atom is 0.272 e. The molecule has 8 heteroatoms. The molecule has 0 unspecified atom stereocenters. The molecule has 33 heavy (non-hydrogen) atoms. The standard InChI is InChI=1S/C25H24N2O6/c1-31-20-10-8-17(9-11-20)24(29)27-21(25(30)26-18-5-4-6-19(28)15-18)13-16-7-12-22(32-2)23(14-16)33-3/h4-15,28H,1-3H3,(H,26,30)(H,27,29). The first-order chi connectivity index (χ1) is 15.9. The quantitative estimate of drug-likeness (QED) is 0.452. The average Bonchev–Trinajstić information content (AvgIpc) is 2.83. The Hall–Kier alpha value is -4.46. The predicted molar refractivity (Wildman–Crippen MR) is 125 cm³/mol. The van der Waals surface area contributed by atoms with Gasteiger partial charge in [0.2, 0.25) is 0 Å². The van der Waals surface area contributed by atoms with Crippen molar-refractivity contribution in [1.29, 1.82) is 0 Å². The van der Waals surface area contributed by atoms with Crippen LogP contribution in [0.2, 0.25) is 0 Å². The monoisotopic (exact) mass is 448 g/mol. The molecule has 170 valence electrons. The van der Waals surface area contributed by atoms with Crippen LogP contribution in [0.5, 0.6) is 23.0 Å². The van der Waals surface area contributed by atoms with Gasteiger partial charge in [-0.1, -0.05) is 12.1 Å². The number of anilines is 1. The fourth-order valence-corrected chi connectivity index (χ4v) is 2.99. The Morgan fingerprint density at radius 3 is 2.21 bits per heavy atom. The Kier molecular flexibility index (Phi) is 7.54. The normalized spacial score (nSPS) is 10.8. The van der Waals surface area contributed by atoms with Gasteiger partial charge >= 0.3 is 0 Å². The Morgan fingerprint density at radius 2 is 1.58 bits per heavy atom. The number of hydrogen-bond donors (Lipinski definition) is 3. The molecular weight excluding hydrogens is 424 g/mol. The van der Waals surface area contributed by atoms with Gasteiger partial charge in [-0.05, 0) is 60.2 Å². The molecule has 3 rings (SSSR count). The minimum absolute atomic E-state index is 0.000453. The number of phenols is 1. The Bertz CT molecular complexity index is 1170. The number of benzene rings is 3. The summed E-state index contributed by atoms with van der Waals surface area (Å²) in [5.41, 5.74) is 1.31. The van der Waals surface area contributed by atoms with E-state index in [0.29, 0.717) is 34.1 Å². The molecule has 0 bridgehead atoms. The molecule has 0 aliphatic heterocycles. The first-order valence-electron chi connectivity index (χ1n) is 9.93. The molecule has 0 aliphatic rings. The third-order valence-corrected chi connectivity index (χ3v) is 4.67. The van der Waals surface area contributed by atoms with Gasteiger partial charge in [0.25, 0.3) is 11.8 Å². The summed E-state index contributed by atoms with van der Waals surface area (Å²) in [5.74, 6) is 0.561. The Balaban J connectivity index is 1.93. The van der Waals surface area contributed by atoms with Crippen LogP contribution in [-0.2, 0) is 4.79 Å². The van der Waals surface area contributed by atoms with Gasteiger partial charge in [0.1, 0.15) is 17.2 Å². The number of nitrogens with one attached hydrogen (secondary N) is 2. The zero-order chi connectivity index (χ0) is 23.8. The molecule has 3 aromatic carbocycles. The van der Waals surface area contributed by atoms with Crippen LogP contribution in [0, 0.1) is 0 Å².